The highest BCUT2D eigenvalue weighted by molar-refractivity contribution is 6.20. The lowest BCUT2D eigenvalue weighted by Crippen LogP contribution is -2.27. The summed E-state index contributed by atoms with van der Waals surface area (Å²) < 4.78 is 10.5. The van der Waals surface area contributed by atoms with Crippen molar-refractivity contribution < 1.29 is 14.3 Å². The Labute approximate surface area is 125 Å². The first kappa shape index (κ1) is 16.8. The number of halogens is 1. The molecule has 1 N–H and O–H groups in total. The quantitative estimate of drug-likeness (QED) is 0.751. The fourth-order valence-corrected chi connectivity index (χ4v) is 1.90. The second kappa shape index (κ2) is 8.82. The van der Waals surface area contributed by atoms with Gasteiger partial charge in [-0.25, -0.2) is 0 Å². The number of benzene rings is 1. The molecule has 1 atom stereocenters. The van der Waals surface area contributed by atoms with Crippen LogP contribution in [0.25, 0.3) is 0 Å². The van der Waals surface area contributed by atoms with E-state index in [1.165, 1.54) is 0 Å². The zero-order valence-corrected chi connectivity index (χ0v) is 12.9. The molecular weight excluding hydrogens is 278 g/mol. The van der Waals surface area contributed by atoms with Crippen molar-refractivity contribution in [3.8, 4) is 5.75 Å². The highest BCUT2D eigenvalue weighted by Gasteiger charge is 2.08. The third-order valence-corrected chi connectivity index (χ3v) is 2.92. The predicted octanol–water partition coefficient (Wildman–Crippen LogP) is 2.85. The van der Waals surface area contributed by atoms with E-state index in [0.29, 0.717) is 25.1 Å². The largest absolute Gasteiger partial charge is 0.491 e. The average molecular weight is 300 g/mol. The third kappa shape index (κ3) is 6.26. The molecule has 0 spiro atoms. The van der Waals surface area contributed by atoms with Gasteiger partial charge in [0.15, 0.2) is 0 Å². The van der Waals surface area contributed by atoms with E-state index in [1.807, 2.05) is 13.8 Å². The summed E-state index contributed by atoms with van der Waals surface area (Å²) in [5, 5.41) is 2.75. The van der Waals surface area contributed by atoms with Crippen molar-refractivity contribution in [2.45, 2.75) is 31.7 Å². The van der Waals surface area contributed by atoms with Gasteiger partial charge >= 0.3 is 0 Å². The van der Waals surface area contributed by atoms with Gasteiger partial charge in [0.2, 0.25) is 0 Å². The number of methoxy groups -OCH3 is 1. The first-order chi connectivity index (χ1) is 9.52. The SMILES string of the molecule is COCC(Cl)CCNC(=O)c1ccc(OC(C)C)cc1. The third-order valence-electron chi connectivity index (χ3n) is 2.58. The topological polar surface area (TPSA) is 47.6 Å². The molecule has 0 saturated heterocycles. The van der Waals surface area contributed by atoms with Crippen LogP contribution in [-0.2, 0) is 4.74 Å². The molecule has 4 nitrogen and oxygen atoms in total. The maximum absolute atomic E-state index is 11.9. The zero-order valence-electron chi connectivity index (χ0n) is 12.2. The van der Waals surface area contributed by atoms with Crippen LogP contribution in [0.2, 0.25) is 0 Å². The number of hydrogen-bond acceptors (Lipinski definition) is 3. The average Bonchev–Trinajstić information content (AvgIpc) is 2.39. The van der Waals surface area contributed by atoms with Crippen LogP contribution in [-0.4, -0.2) is 37.6 Å². The Morgan fingerprint density at radius 3 is 2.50 bits per heavy atom. The predicted molar refractivity (Wildman–Crippen MR) is 80.7 cm³/mol. The van der Waals surface area contributed by atoms with E-state index in [1.54, 1.807) is 31.4 Å². The molecule has 0 saturated carbocycles. The minimum atomic E-state index is -0.109. The summed E-state index contributed by atoms with van der Waals surface area (Å²) in [5.41, 5.74) is 0.610. The lowest BCUT2D eigenvalue weighted by molar-refractivity contribution is 0.0951. The highest BCUT2D eigenvalue weighted by Crippen LogP contribution is 2.13. The smallest absolute Gasteiger partial charge is 0.251 e. The molecule has 0 aliphatic heterocycles. The minimum Gasteiger partial charge on any atom is -0.491 e. The van der Waals surface area contributed by atoms with Gasteiger partial charge in [-0.1, -0.05) is 0 Å². The second-order valence-corrected chi connectivity index (χ2v) is 5.41. The summed E-state index contributed by atoms with van der Waals surface area (Å²) in [6.45, 7) is 4.94. The number of nitrogens with one attached hydrogen (secondary N) is 1. The molecule has 0 aliphatic carbocycles. The molecule has 1 amide bonds. The molecular formula is C15H22ClNO3. The van der Waals surface area contributed by atoms with E-state index >= 15 is 0 Å². The first-order valence-electron chi connectivity index (χ1n) is 6.71. The molecule has 0 radical (unpaired) electrons. The molecule has 1 aromatic carbocycles. The Hall–Kier alpha value is -1.26. The molecule has 112 valence electrons. The molecule has 1 rings (SSSR count). The Balaban J connectivity index is 2.39. The minimum absolute atomic E-state index is 0.0814. The Kier molecular flexibility index (Phi) is 7.41. The van der Waals surface area contributed by atoms with E-state index in [2.05, 4.69) is 5.32 Å². The normalized spacial score (nSPS) is 12.2. The fourth-order valence-electron chi connectivity index (χ4n) is 1.67. The van der Waals surface area contributed by atoms with Crippen molar-refractivity contribution in [3.05, 3.63) is 29.8 Å². The summed E-state index contributed by atoms with van der Waals surface area (Å²) in [6.07, 6.45) is 0.798. The number of carbonyl (C=O) groups is 1. The molecule has 1 unspecified atom stereocenters. The van der Waals surface area contributed by atoms with Gasteiger partial charge in [0.05, 0.1) is 18.1 Å². The number of amides is 1. The van der Waals surface area contributed by atoms with Crippen molar-refractivity contribution in [2.75, 3.05) is 20.3 Å². The Morgan fingerprint density at radius 2 is 1.95 bits per heavy atom. The Morgan fingerprint density at radius 1 is 1.30 bits per heavy atom. The molecule has 1 aromatic rings. The van der Waals surface area contributed by atoms with Crippen LogP contribution in [0.15, 0.2) is 24.3 Å². The van der Waals surface area contributed by atoms with Crippen molar-refractivity contribution in [2.24, 2.45) is 0 Å². The maximum atomic E-state index is 11.9. The van der Waals surface area contributed by atoms with Crippen molar-refractivity contribution in [3.63, 3.8) is 0 Å². The van der Waals surface area contributed by atoms with Gasteiger partial charge in [-0.05, 0) is 44.5 Å². The standard InChI is InChI=1S/C15H22ClNO3/c1-11(2)20-14-6-4-12(5-7-14)15(18)17-9-8-13(16)10-19-3/h4-7,11,13H,8-10H2,1-3H3,(H,17,18). The monoisotopic (exact) mass is 299 g/mol. The fraction of sp³-hybridized carbons (Fsp3) is 0.533. The van der Waals surface area contributed by atoms with Gasteiger partial charge in [-0.15, -0.1) is 11.6 Å². The summed E-state index contributed by atoms with van der Waals surface area (Å²) in [4.78, 5) is 11.9. The highest BCUT2D eigenvalue weighted by atomic mass is 35.5. The van der Waals surface area contributed by atoms with Crippen LogP contribution in [0.3, 0.4) is 0 Å². The van der Waals surface area contributed by atoms with Crippen LogP contribution in [0.5, 0.6) is 5.75 Å². The van der Waals surface area contributed by atoms with E-state index in [4.69, 9.17) is 21.1 Å². The van der Waals surface area contributed by atoms with Gasteiger partial charge in [-0.2, -0.15) is 0 Å². The summed E-state index contributed by atoms with van der Waals surface area (Å²) in [6, 6.07) is 7.09. The molecule has 20 heavy (non-hydrogen) atoms. The van der Waals surface area contributed by atoms with E-state index in [0.717, 1.165) is 5.75 Å². The maximum Gasteiger partial charge on any atom is 0.251 e. The summed E-state index contributed by atoms with van der Waals surface area (Å²) in [5.74, 6) is 0.653. The molecule has 0 heterocycles. The molecule has 0 bridgehead atoms. The van der Waals surface area contributed by atoms with Gasteiger partial charge in [0.25, 0.3) is 5.91 Å². The van der Waals surface area contributed by atoms with Crippen LogP contribution < -0.4 is 10.1 Å². The van der Waals surface area contributed by atoms with Crippen molar-refractivity contribution >= 4 is 17.5 Å². The molecule has 0 aromatic heterocycles. The number of carbonyl (C=O) groups excluding carboxylic acids is 1. The van der Waals surface area contributed by atoms with E-state index in [-0.39, 0.29) is 17.4 Å². The van der Waals surface area contributed by atoms with E-state index < -0.39 is 0 Å². The number of alkyl halides is 1. The molecule has 5 heteroatoms. The van der Waals surface area contributed by atoms with Crippen molar-refractivity contribution in [1.82, 2.24) is 5.32 Å². The zero-order chi connectivity index (χ0) is 15.0. The van der Waals surface area contributed by atoms with Crippen LogP contribution in [0.4, 0.5) is 0 Å². The number of hydrogen-bond donors (Lipinski definition) is 1. The second-order valence-electron chi connectivity index (χ2n) is 4.79. The van der Waals surface area contributed by atoms with Crippen LogP contribution >= 0.6 is 11.6 Å². The van der Waals surface area contributed by atoms with Crippen LogP contribution in [0.1, 0.15) is 30.6 Å². The van der Waals surface area contributed by atoms with Crippen LogP contribution in [0, 0.1) is 0 Å². The van der Waals surface area contributed by atoms with Crippen molar-refractivity contribution in [1.29, 1.82) is 0 Å². The van der Waals surface area contributed by atoms with E-state index in [9.17, 15) is 4.79 Å². The summed E-state index contributed by atoms with van der Waals surface area (Å²) >= 11 is 5.99. The van der Waals surface area contributed by atoms with Gasteiger partial charge < -0.3 is 14.8 Å². The molecule has 0 aliphatic rings. The lowest BCUT2D eigenvalue weighted by Gasteiger charge is -2.11. The van der Waals surface area contributed by atoms with Gasteiger partial charge in [0.1, 0.15) is 5.75 Å². The first-order valence-corrected chi connectivity index (χ1v) is 7.14. The molecule has 0 fully saturated rings. The Bertz CT molecular complexity index is 406. The lowest BCUT2D eigenvalue weighted by atomic mass is 10.2. The summed E-state index contributed by atoms with van der Waals surface area (Å²) in [7, 11) is 1.61. The van der Waals surface area contributed by atoms with Gasteiger partial charge in [0, 0.05) is 19.2 Å². The number of ether oxygens (including phenoxy) is 2. The number of rotatable bonds is 8. The van der Waals surface area contributed by atoms with Gasteiger partial charge in [-0.3, -0.25) is 4.79 Å².